The lowest BCUT2D eigenvalue weighted by Crippen LogP contribution is -2.82. The molecule has 7 rings (SSSR count). The van der Waals surface area contributed by atoms with Gasteiger partial charge in [-0.15, -0.1) is 0 Å². The van der Waals surface area contributed by atoms with E-state index in [1.54, 1.807) is 0 Å². The van der Waals surface area contributed by atoms with Crippen LogP contribution in [-0.2, 0) is 5.41 Å². The van der Waals surface area contributed by atoms with Gasteiger partial charge in [0.05, 0.1) is 30.1 Å². The Bertz CT molecular complexity index is 826. The fraction of sp³-hybridized carbons (Fsp3) is 0.652. The third-order valence-electron chi connectivity index (χ3n) is 9.56. The molecule has 5 aliphatic heterocycles. The largest absolute Gasteiger partial charge is 0.392 e. The molecule has 10 atom stereocenters. The maximum atomic E-state index is 11.9. The predicted octanol–water partition coefficient (Wildman–Crippen LogP) is 2.26. The van der Waals surface area contributed by atoms with Crippen LogP contribution in [0.5, 0.6) is 0 Å². The van der Waals surface area contributed by atoms with Crippen molar-refractivity contribution in [1.82, 2.24) is 0 Å². The first-order chi connectivity index (χ1) is 13.0. The number of fused-ring (bicyclic) bond motifs is 2. The summed E-state index contributed by atoms with van der Waals surface area (Å²) in [6.07, 6.45) is 4.52. The van der Waals surface area contributed by atoms with Crippen molar-refractivity contribution in [2.24, 2.45) is 17.8 Å². The van der Waals surface area contributed by atoms with Gasteiger partial charge in [-0.25, -0.2) is 0 Å². The van der Waals surface area contributed by atoms with Gasteiger partial charge in [0.15, 0.2) is 6.23 Å². The Morgan fingerprint density at radius 1 is 1.30 bits per heavy atom. The molecule has 1 aromatic carbocycles. The van der Waals surface area contributed by atoms with Crippen molar-refractivity contribution in [3.8, 4) is 0 Å². The van der Waals surface area contributed by atoms with Gasteiger partial charge in [0.2, 0.25) is 0 Å². The first-order valence-electron chi connectivity index (χ1n) is 10.7. The minimum Gasteiger partial charge on any atom is -0.392 e. The van der Waals surface area contributed by atoms with Gasteiger partial charge in [-0.3, -0.25) is 4.48 Å². The Kier molecular flexibility index (Phi) is 3.05. The average Bonchev–Trinajstić information content (AvgIpc) is 3.06. The highest BCUT2D eigenvalue weighted by atomic mass is 16.3. The molecule has 144 valence electrons. The van der Waals surface area contributed by atoms with Crippen LogP contribution in [0.15, 0.2) is 36.9 Å². The van der Waals surface area contributed by atoms with E-state index >= 15 is 0 Å². The van der Waals surface area contributed by atoms with Gasteiger partial charge in [-0.2, -0.15) is 0 Å². The van der Waals surface area contributed by atoms with E-state index in [1.165, 1.54) is 11.3 Å². The van der Waals surface area contributed by atoms with Gasteiger partial charge in [0.1, 0.15) is 6.04 Å². The van der Waals surface area contributed by atoms with Crippen molar-refractivity contribution in [2.75, 3.05) is 18.5 Å². The molecule has 0 radical (unpaired) electrons. The molecule has 1 saturated carbocycles. The summed E-state index contributed by atoms with van der Waals surface area (Å²) in [6, 6.07) is 9.71. The molecule has 6 aliphatic rings. The smallest absolute Gasteiger partial charge is 0.194 e. The van der Waals surface area contributed by atoms with Crippen molar-refractivity contribution < 1.29 is 14.7 Å². The molecule has 0 amide bonds. The molecule has 5 fully saturated rings. The summed E-state index contributed by atoms with van der Waals surface area (Å²) in [5.41, 5.74) is 2.47. The van der Waals surface area contributed by atoms with Gasteiger partial charge >= 0.3 is 0 Å². The number of likely N-dealkylation sites (N-methyl/N-ethyl adjacent to an activating group) is 1. The van der Waals surface area contributed by atoms with E-state index in [-0.39, 0.29) is 23.8 Å². The Labute approximate surface area is 161 Å². The zero-order valence-electron chi connectivity index (χ0n) is 16.3. The van der Waals surface area contributed by atoms with Crippen LogP contribution in [0, 0.1) is 17.8 Å². The number of nitrogens with zero attached hydrogens (tertiary/aromatic N) is 2. The fourth-order valence-corrected chi connectivity index (χ4v) is 8.98. The summed E-state index contributed by atoms with van der Waals surface area (Å²) in [4.78, 5) is 2.44. The van der Waals surface area contributed by atoms with Gasteiger partial charge in [-0.05, 0) is 30.0 Å². The topological polar surface area (TPSA) is 43.7 Å². The van der Waals surface area contributed by atoms with E-state index < -0.39 is 0 Å². The third kappa shape index (κ3) is 1.47. The number of rotatable bonds is 3. The second kappa shape index (κ2) is 4.97. The summed E-state index contributed by atoms with van der Waals surface area (Å²) in [5.74, 6) is 1.05. The van der Waals surface area contributed by atoms with Crippen LogP contribution in [-0.4, -0.2) is 58.7 Å². The van der Waals surface area contributed by atoms with Crippen molar-refractivity contribution in [2.45, 2.75) is 62.1 Å². The van der Waals surface area contributed by atoms with E-state index in [4.69, 9.17) is 0 Å². The molecule has 1 aromatic rings. The molecule has 5 bridgehead atoms. The van der Waals surface area contributed by atoms with Gasteiger partial charge < -0.3 is 15.1 Å². The van der Waals surface area contributed by atoms with Crippen LogP contribution in [0.4, 0.5) is 5.69 Å². The average molecular weight is 368 g/mol. The molecule has 5 heterocycles. The first-order valence-corrected chi connectivity index (χ1v) is 10.7. The van der Waals surface area contributed by atoms with Crippen LogP contribution in [0.2, 0.25) is 0 Å². The second-order valence-electron chi connectivity index (χ2n) is 9.83. The zero-order chi connectivity index (χ0) is 18.7. The Balaban J connectivity index is 1.63. The monoisotopic (exact) mass is 367 g/mol. The van der Waals surface area contributed by atoms with Crippen LogP contribution in [0.25, 0.3) is 0 Å². The number of hydrogen-bond acceptors (Lipinski definition) is 3. The fourth-order valence-electron chi connectivity index (χ4n) is 8.98. The van der Waals surface area contributed by atoms with Crippen molar-refractivity contribution >= 4 is 5.69 Å². The molecule has 0 aromatic heterocycles. The van der Waals surface area contributed by atoms with Crippen LogP contribution in [0.3, 0.4) is 0 Å². The summed E-state index contributed by atoms with van der Waals surface area (Å²) in [7, 11) is 2.21. The Morgan fingerprint density at radius 2 is 2.07 bits per heavy atom. The lowest BCUT2D eigenvalue weighted by Gasteiger charge is -2.67. The maximum absolute atomic E-state index is 11.9. The number of para-hydroxylation sites is 1. The Morgan fingerprint density at radius 3 is 2.81 bits per heavy atom. The lowest BCUT2D eigenvalue weighted by molar-refractivity contribution is -1.03. The zero-order valence-corrected chi connectivity index (χ0v) is 16.3. The van der Waals surface area contributed by atoms with E-state index in [9.17, 15) is 10.2 Å². The number of quaternary nitrogens is 1. The highest BCUT2D eigenvalue weighted by molar-refractivity contribution is 5.66. The predicted molar refractivity (Wildman–Crippen MR) is 105 cm³/mol. The molecule has 4 saturated heterocycles. The SMILES string of the molecule is C=CC[N@+]12[C@H](O)[C@H](CC)[C@H]3C[C@H]1[C@@H]1N(C)c4ccccc4[C@@]14C[C@H]2[C@@H]3[C@H]4O. The highest BCUT2D eigenvalue weighted by Crippen LogP contribution is 2.71. The normalized spacial score (nSPS) is 53.6. The highest BCUT2D eigenvalue weighted by Gasteiger charge is 2.82. The summed E-state index contributed by atoms with van der Waals surface area (Å²) in [5, 5.41) is 23.5. The molecule has 4 nitrogen and oxygen atoms in total. The number of aliphatic hydroxyl groups excluding tert-OH is 2. The summed E-state index contributed by atoms with van der Waals surface area (Å²) < 4.78 is 0.755. The number of anilines is 1. The first kappa shape index (κ1) is 16.6. The van der Waals surface area contributed by atoms with Gasteiger partial charge in [0, 0.05) is 37.4 Å². The summed E-state index contributed by atoms with van der Waals surface area (Å²) in [6.45, 7) is 7.10. The molecular formula is C23H31N2O2+. The molecule has 27 heavy (non-hydrogen) atoms. The molecule has 1 aliphatic carbocycles. The van der Waals surface area contributed by atoms with E-state index in [0.29, 0.717) is 29.8 Å². The van der Waals surface area contributed by atoms with Crippen LogP contribution >= 0.6 is 0 Å². The van der Waals surface area contributed by atoms with Crippen molar-refractivity contribution in [1.29, 1.82) is 0 Å². The lowest BCUT2D eigenvalue weighted by atomic mass is 9.60. The standard InChI is InChI=1S/C23H31N2O2/c1-4-10-25-17-11-14(13(5-2)22(25)27)19-18(25)12-23(21(19)26)15-8-6-7-9-16(15)24(3)20(17)23/h4,6-9,13-14,17-22,26-27H,1,5,10-12H2,2-3H3/q+1/t13-,14-,17+,18+,19-,20+,21-,22-,23+,25+/m1/s1. The maximum Gasteiger partial charge on any atom is 0.194 e. The van der Waals surface area contributed by atoms with Crippen LogP contribution in [0.1, 0.15) is 31.7 Å². The molecular weight excluding hydrogens is 336 g/mol. The van der Waals surface area contributed by atoms with Crippen molar-refractivity contribution in [3.05, 3.63) is 42.5 Å². The van der Waals surface area contributed by atoms with E-state index in [2.05, 4.69) is 49.7 Å². The minimum atomic E-state index is -0.321. The molecule has 0 unspecified atom stereocenters. The van der Waals surface area contributed by atoms with Crippen LogP contribution < -0.4 is 4.90 Å². The number of hydrogen-bond donors (Lipinski definition) is 2. The summed E-state index contributed by atoms with van der Waals surface area (Å²) >= 11 is 0. The third-order valence-corrected chi connectivity index (χ3v) is 9.56. The number of aliphatic hydroxyl groups is 2. The second-order valence-corrected chi connectivity index (χ2v) is 9.83. The molecule has 2 N–H and O–H groups in total. The minimum absolute atomic E-state index is 0.161. The van der Waals surface area contributed by atoms with Gasteiger partial charge in [0.25, 0.3) is 0 Å². The van der Waals surface area contributed by atoms with Crippen molar-refractivity contribution in [3.63, 3.8) is 0 Å². The van der Waals surface area contributed by atoms with E-state index in [1.807, 2.05) is 6.08 Å². The number of piperidine rings is 4. The quantitative estimate of drug-likeness (QED) is 0.636. The molecule has 4 heteroatoms. The Hall–Kier alpha value is -1.36. The van der Waals surface area contributed by atoms with Gasteiger partial charge in [-0.1, -0.05) is 31.7 Å². The molecule has 1 spiro atoms. The number of benzene rings is 1. The van der Waals surface area contributed by atoms with E-state index in [0.717, 1.165) is 30.3 Å².